The highest BCUT2D eigenvalue weighted by Crippen LogP contribution is 2.25. The van der Waals surface area contributed by atoms with Crippen LogP contribution in [0.25, 0.3) is 0 Å². The van der Waals surface area contributed by atoms with Crippen LogP contribution in [0.4, 0.5) is 11.4 Å². The number of nitrogens with two attached hydrogens (primary N) is 1. The fraction of sp³-hybridized carbons (Fsp3) is 0.250. The third-order valence-electron chi connectivity index (χ3n) is 1.56. The zero-order chi connectivity index (χ0) is 10.6. The first-order chi connectivity index (χ1) is 6.65. The molecule has 0 aliphatic carbocycles. The molecule has 0 heterocycles. The molecule has 1 aromatic rings. The van der Waals surface area contributed by atoms with Crippen molar-refractivity contribution in [3.63, 3.8) is 0 Å². The van der Waals surface area contributed by atoms with Gasteiger partial charge >= 0.3 is 0 Å². The summed E-state index contributed by atoms with van der Waals surface area (Å²) in [6, 6.07) is 4.06. The molecule has 0 spiro atoms. The quantitative estimate of drug-likeness (QED) is 0.418. The molecular weight excluding hydrogens is 188 g/mol. The van der Waals surface area contributed by atoms with Gasteiger partial charge in [0.1, 0.15) is 18.0 Å². The van der Waals surface area contributed by atoms with Crippen LogP contribution in [0.3, 0.4) is 0 Å². The minimum Gasteiger partial charge on any atom is -0.491 e. The fourth-order valence-corrected chi connectivity index (χ4v) is 0.952. The zero-order valence-corrected chi connectivity index (χ0v) is 7.34. The SMILES string of the molecule is Nc1cc(OCCO)ccc1[N+](=O)[O-]. The number of ether oxygens (including phenoxy) is 1. The van der Waals surface area contributed by atoms with Gasteiger partial charge in [-0.15, -0.1) is 0 Å². The van der Waals surface area contributed by atoms with E-state index in [4.69, 9.17) is 15.6 Å². The largest absolute Gasteiger partial charge is 0.491 e. The van der Waals surface area contributed by atoms with E-state index in [-0.39, 0.29) is 24.6 Å². The Bertz CT molecular complexity index is 340. The van der Waals surface area contributed by atoms with E-state index < -0.39 is 4.92 Å². The Hall–Kier alpha value is -1.82. The second kappa shape index (κ2) is 4.43. The monoisotopic (exact) mass is 198 g/mol. The number of benzene rings is 1. The Labute approximate surface area is 80.1 Å². The van der Waals surface area contributed by atoms with Crippen molar-refractivity contribution in [2.24, 2.45) is 0 Å². The van der Waals surface area contributed by atoms with Crippen molar-refractivity contribution < 1.29 is 14.8 Å². The molecule has 0 radical (unpaired) electrons. The van der Waals surface area contributed by atoms with Crippen LogP contribution in [-0.2, 0) is 0 Å². The number of nitrogen functional groups attached to an aromatic ring is 1. The predicted octanol–water partition coefficient (Wildman–Crippen LogP) is 0.548. The molecule has 6 heteroatoms. The molecule has 6 nitrogen and oxygen atoms in total. The molecule has 0 fully saturated rings. The predicted molar refractivity (Wildman–Crippen MR) is 50.1 cm³/mol. The molecule has 0 bridgehead atoms. The van der Waals surface area contributed by atoms with Crippen molar-refractivity contribution in [1.29, 1.82) is 0 Å². The zero-order valence-electron chi connectivity index (χ0n) is 7.34. The van der Waals surface area contributed by atoms with E-state index in [1.165, 1.54) is 18.2 Å². The van der Waals surface area contributed by atoms with E-state index >= 15 is 0 Å². The number of aliphatic hydroxyl groups is 1. The first-order valence-corrected chi connectivity index (χ1v) is 3.92. The van der Waals surface area contributed by atoms with Crippen molar-refractivity contribution >= 4 is 11.4 Å². The second-order valence-electron chi connectivity index (χ2n) is 2.55. The Kier molecular flexibility index (Phi) is 3.24. The number of rotatable bonds is 4. The molecule has 1 aromatic carbocycles. The number of nitro groups is 1. The van der Waals surface area contributed by atoms with Gasteiger partial charge in [0, 0.05) is 12.1 Å². The van der Waals surface area contributed by atoms with Gasteiger partial charge in [0.15, 0.2) is 0 Å². The van der Waals surface area contributed by atoms with E-state index in [9.17, 15) is 10.1 Å². The first-order valence-electron chi connectivity index (χ1n) is 3.92. The molecule has 3 N–H and O–H groups in total. The summed E-state index contributed by atoms with van der Waals surface area (Å²) in [6.07, 6.45) is 0. The van der Waals surface area contributed by atoms with Gasteiger partial charge in [0.2, 0.25) is 0 Å². The maximum atomic E-state index is 10.4. The molecular formula is C8H10N2O4. The molecule has 0 aromatic heterocycles. The summed E-state index contributed by atoms with van der Waals surface area (Å²) >= 11 is 0. The highest BCUT2D eigenvalue weighted by molar-refractivity contribution is 5.60. The summed E-state index contributed by atoms with van der Waals surface area (Å²) in [5, 5.41) is 18.9. The Morgan fingerprint density at radius 1 is 1.57 bits per heavy atom. The van der Waals surface area contributed by atoms with Crippen molar-refractivity contribution in [3.8, 4) is 5.75 Å². The van der Waals surface area contributed by atoms with Crippen LogP contribution in [0.5, 0.6) is 5.75 Å². The summed E-state index contributed by atoms with van der Waals surface area (Å²) in [6.45, 7) is 0.0220. The molecule has 0 saturated heterocycles. The molecule has 0 saturated carbocycles. The summed E-state index contributed by atoms with van der Waals surface area (Å²) in [4.78, 5) is 9.83. The van der Waals surface area contributed by atoms with Gasteiger partial charge in [-0.05, 0) is 6.07 Å². The number of nitro benzene ring substituents is 1. The Balaban J connectivity index is 2.83. The normalized spacial score (nSPS) is 9.79. The average Bonchev–Trinajstić information content (AvgIpc) is 2.14. The minimum atomic E-state index is -0.564. The van der Waals surface area contributed by atoms with Gasteiger partial charge in [-0.2, -0.15) is 0 Å². The molecule has 0 atom stereocenters. The average molecular weight is 198 g/mol. The van der Waals surface area contributed by atoms with E-state index in [0.717, 1.165) is 0 Å². The number of anilines is 1. The summed E-state index contributed by atoms with van der Waals surface area (Å²) in [7, 11) is 0. The van der Waals surface area contributed by atoms with Crippen LogP contribution in [0, 0.1) is 10.1 Å². The maximum Gasteiger partial charge on any atom is 0.292 e. The van der Waals surface area contributed by atoms with Crippen LogP contribution < -0.4 is 10.5 Å². The Morgan fingerprint density at radius 2 is 2.29 bits per heavy atom. The van der Waals surface area contributed by atoms with Crippen LogP contribution in [0.1, 0.15) is 0 Å². The Morgan fingerprint density at radius 3 is 2.79 bits per heavy atom. The smallest absolute Gasteiger partial charge is 0.292 e. The lowest BCUT2D eigenvalue weighted by Gasteiger charge is -2.04. The number of hydrogen-bond donors (Lipinski definition) is 2. The summed E-state index contributed by atoms with van der Waals surface area (Å²) in [5.41, 5.74) is 5.31. The highest BCUT2D eigenvalue weighted by Gasteiger charge is 2.11. The fourth-order valence-electron chi connectivity index (χ4n) is 0.952. The van der Waals surface area contributed by atoms with Crippen LogP contribution >= 0.6 is 0 Å². The maximum absolute atomic E-state index is 10.4. The van der Waals surface area contributed by atoms with Crippen molar-refractivity contribution in [1.82, 2.24) is 0 Å². The van der Waals surface area contributed by atoms with E-state index in [1.807, 2.05) is 0 Å². The van der Waals surface area contributed by atoms with Gasteiger partial charge in [-0.1, -0.05) is 0 Å². The van der Waals surface area contributed by atoms with Crippen molar-refractivity contribution in [3.05, 3.63) is 28.3 Å². The van der Waals surface area contributed by atoms with Gasteiger partial charge in [0.25, 0.3) is 5.69 Å². The lowest BCUT2D eigenvalue weighted by atomic mass is 10.2. The molecule has 1 rings (SSSR count). The van der Waals surface area contributed by atoms with Crippen LogP contribution in [-0.4, -0.2) is 23.2 Å². The van der Waals surface area contributed by atoms with E-state index in [1.54, 1.807) is 0 Å². The molecule has 0 unspecified atom stereocenters. The first kappa shape index (κ1) is 10.3. The summed E-state index contributed by atoms with van der Waals surface area (Å²) < 4.78 is 5.02. The molecule has 76 valence electrons. The molecule has 0 amide bonds. The third-order valence-corrected chi connectivity index (χ3v) is 1.56. The standard InChI is InChI=1S/C8H10N2O4/c9-7-5-6(14-4-3-11)1-2-8(7)10(12)13/h1-2,5,11H,3-4,9H2. The second-order valence-corrected chi connectivity index (χ2v) is 2.55. The lowest BCUT2D eigenvalue weighted by molar-refractivity contribution is -0.383. The van der Waals surface area contributed by atoms with Gasteiger partial charge < -0.3 is 15.6 Å². The van der Waals surface area contributed by atoms with Gasteiger partial charge in [0.05, 0.1) is 11.5 Å². The molecule has 14 heavy (non-hydrogen) atoms. The third kappa shape index (κ3) is 2.33. The number of hydrogen-bond acceptors (Lipinski definition) is 5. The van der Waals surface area contributed by atoms with Crippen molar-refractivity contribution in [2.45, 2.75) is 0 Å². The topological polar surface area (TPSA) is 98.6 Å². The van der Waals surface area contributed by atoms with E-state index in [2.05, 4.69) is 0 Å². The number of nitrogens with zero attached hydrogens (tertiary/aromatic N) is 1. The van der Waals surface area contributed by atoms with Crippen LogP contribution in [0.2, 0.25) is 0 Å². The van der Waals surface area contributed by atoms with Crippen LogP contribution in [0.15, 0.2) is 18.2 Å². The van der Waals surface area contributed by atoms with E-state index in [0.29, 0.717) is 5.75 Å². The van der Waals surface area contributed by atoms with Gasteiger partial charge in [-0.25, -0.2) is 0 Å². The van der Waals surface area contributed by atoms with Crippen molar-refractivity contribution in [2.75, 3.05) is 18.9 Å². The van der Waals surface area contributed by atoms with Gasteiger partial charge in [-0.3, -0.25) is 10.1 Å². The number of aliphatic hydroxyl groups excluding tert-OH is 1. The lowest BCUT2D eigenvalue weighted by Crippen LogP contribution is -2.02. The molecule has 0 aliphatic heterocycles. The molecule has 0 aliphatic rings. The summed E-state index contributed by atoms with van der Waals surface area (Å²) in [5.74, 6) is 0.405. The minimum absolute atomic E-state index is 0.0467. The highest BCUT2D eigenvalue weighted by atomic mass is 16.6.